The van der Waals surface area contributed by atoms with Gasteiger partial charge in [-0.25, -0.2) is 22.4 Å². The summed E-state index contributed by atoms with van der Waals surface area (Å²) in [4.78, 5) is 8.36. The molecule has 4 aromatic rings. The summed E-state index contributed by atoms with van der Waals surface area (Å²) in [6, 6.07) is 15.4. The van der Waals surface area contributed by atoms with E-state index in [1.54, 1.807) is 37.4 Å². The van der Waals surface area contributed by atoms with Crippen molar-refractivity contribution in [3.63, 3.8) is 0 Å². The van der Waals surface area contributed by atoms with Gasteiger partial charge in [-0.15, -0.1) is 0 Å². The summed E-state index contributed by atoms with van der Waals surface area (Å²) in [5, 5.41) is 0.664. The number of ether oxygens (including phenoxy) is 1. The molecule has 2 heterocycles. The monoisotopic (exact) mass is 399 g/mol. The predicted octanol–water partition coefficient (Wildman–Crippen LogP) is 4.00. The van der Waals surface area contributed by atoms with Crippen LogP contribution in [0.4, 0.5) is 0 Å². The van der Waals surface area contributed by atoms with Crippen LogP contribution in [0.3, 0.4) is 0 Å². The number of nitrogens with zero attached hydrogens (tertiary/aromatic N) is 3. The maximum Gasteiger partial charge on any atom is 0.269 e. The maximum atomic E-state index is 13.1. The van der Waals surface area contributed by atoms with Crippen LogP contribution in [0.2, 0.25) is 5.15 Å². The van der Waals surface area contributed by atoms with Gasteiger partial charge in [-0.05, 0) is 29.8 Å². The zero-order valence-corrected chi connectivity index (χ0v) is 15.8. The molecule has 0 saturated carbocycles. The van der Waals surface area contributed by atoms with Crippen molar-refractivity contribution in [1.29, 1.82) is 0 Å². The second-order valence-corrected chi connectivity index (χ2v) is 7.92. The molecule has 0 spiro atoms. The number of aromatic nitrogens is 3. The highest BCUT2D eigenvalue weighted by molar-refractivity contribution is 7.90. The van der Waals surface area contributed by atoms with Gasteiger partial charge in [0.05, 0.1) is 17.4 Å². The lowest BCUT2D eigenvalue weighted by molar-refractivity contribution is 0.415. The topological polar surface area (TPSA) is 74.1 Å². The van der Waals surface area contributed by atoms with Crippen molar-refractivity contribution in [3.05, 3.63) is 72.3 Å². The Bertz CT molecular complexity index is 1220. The molecule has 27 heavy (non-hydrogen) atoms. The lowest BCUT2D eigenvalue weighted by atomic mass is 10.1. The molecule has 6 nitrogen and oxygen atoms in total. The van der Waals surface area contributed by atoms with Crippen LogP contribution in [0.25, 0.3) is 22.2 Å². The Kier molecular flexibility index (Phi) is 4.33. The fourth-order valence-corrected chi connectivity index (χ4v) is 4.44. The molecule has 0 aliphatic heterocycles. The lowest BCUT2D eigenvalue weighted by Crippen LogP contribution is -2.12. The van der Waals surface area contributed by atoms with E-state index in [0.29, 0.717) is 16.7 Å². The van der Waals surface area contributed by atoms with Crippen LogP contribution in [-0.4, -0.2) is 29.5 Å². The molecule has 0 saturated heterocycles. The molecule has 0 aliphatic carbocycles. The zero-order valence-electron chi connectivity index (χ0n) is 14.2. The number of benzene rings is 2. The summed E-state index contributed by atoms with van der Waals surface area (Å²) in [6.07, 6.45) is 2.77. The smallest absolute Gasteiger partial charge is 0.269 e. The van der Waals surface area contributed by atoms with Gasteiger partial charge >= 0.3 is 0 Å². The molecule has 0 N–H and O–H groups in total. The highest BCUT2D eigenvalue weighted by Gasteiger charge is 2.24. The van der Waals surface area contributed by atoms with E-state index in [1.807, 2.05) is 12.1 Å². The Labute approximate surface area is 161 Å². The Morgan fingerprint density at radius 2 is 1.70 bits per heavy atom. The average molecular weight is 400 g/mol. The Morgan fingerprint density at radius 3 is 2.37 bits per heavy atom. The standard InChI is InChI=1S/C19H14ClN3O3S/c1-26-14-9-7-13(8-10-14)16-11-23(19-17(16)18(20)21-12-22-19)27(24,25)15-5-3-2-4-6-15/h2-12H,1H3. The van der Waals surface area contributed by atoms with Crippen LogP contribution in [0.1, 0.15) is 0 Å². The van der Waals surface area contributed by atoms with Crippen LogP contribution >= 0.6 is 11.6 Å². The zero-order chi connectivity index (χ0) is 19.0. The number of rotatable bonds is 4. The van der Waals surface area contributed by atoms with E-state index < -0.39 is 10.0 Å². The Balaban J connectivity index is 2.00. The van der Waals surface area contributed by atoms with Crippen molar-refractivity contribution >= 4 is 32.7 Å². The maximum absolute atomic E-state index is 13.1. The van der Waals surface area contributed by atoms with Crippen molar-refractivity contribution in [3.8, 4) is 16.9 Å². The molecule has 8 heteroatoms. The third-order valence-corrected chi connectivity index (χ3v) is 6.16. The molecule has 0 fully saturated rings. The first-order valence-corrected chi connectivity index (χ1v) is 9.81. The molecule has 4 rings (SSSR count). The molecule has 2 aromatic heterocycles. The lowest BCUT2D eigenvalue weighted by Gasteiger charge is -2.06. The van der Waals surface area contributed by atoms with Crippen molar-refractivity contribution in [2.45, 2.75) is 4.90 Å². The molecule has 0 amide bonds. The summed E-state index contributed by atoms with van der Waals surface area (Å²) in [7, 11) is -2.26. The minimum atomic E-state index is -3.84. The predicted molar refractivity (Wildman–Crippen MR) is 104 cm³/mol. The summed E-state index contributed by atoms with van der Waals surface area (Å²) in [6.45, 7) is 0. The second-order valence-electron chi connectivity index (χ2n) is 5.75. The van der Waals surface area contributed by atoms with Crippen molar-refractivity contribution in [1.82, 2.24) is 13.9 Å². The van der Waals surface area contributed by atoms with Gasteiger partial charge in [-0.2, -0.15) is 0 Å². The number of methoxy groups -OCH3 is 1. The minimum Gasteiger partial charge on any atom is -0.497 e. The van der Waals surface area contributed by atoms with Gasteiger partial charge < -0.3 is 4.74 Å². The van der Waals surface area contributed by atoms with Gasteiger partial charge in [-0.1, -0.05) is 41.9 Å². The van der Waals surface area contributed by atoms with Gasteiger partial charge in [0.1, 0.15) is 17.2 Å². The van der Waals surface area contributed by atoms with E-state index >= 15 is 0 Å². The molecule has 0 radical (unpaired) electrons. The molecule has 0 bridgehead atoms. The molecule has 0 aliphatic rings. The van der Waals surface area contributed by atoms with Crippen molar-refractivity contribution < 1.29 is 13.2 Å². The summed E-state index contributed by atoms with van der Waals surface area (Å²) in [5.41, 5.74) is 1.63. The number of hydrogen-bond donors (Lipinski definition) is 0. The largest absolute Gasteiger partial charge is 0.497 e. The fraction of sp³-hybridized carbons (Fsp3) is 0.0526. The molecule has 0 atom stereocenters. The third-order valence-electron chi connectivity index (χ3n) is 4.21. The van der Waals surface area contributed by atoms with E-state index in [1.165, 1.54) is 24.7 Å². The van der Waals surface area contributed by atoms with E-state index in [4.69, 9.17) is 16.3 Å². The molecular formula is C19H14ClN3O3S. The Hall–Kier alpha value is -2.90. The Morgan fingerprint density at radius 1 is 1.00 bits per heavy atom. The first-order valence-electron chi connectivity index (χ1n) is 7.99. The average Bonchev–Trinajstić information content (AvgIpc) is 3.10. The van der Waals surface area contributed by atoms with Crippen molar-refractivity contribution in [2.75, 3.05) is 7.11 Å². The second kappa shape index (κ2) is 6.68. The van der Waals surface area contributed by atoms with Gasteiger partial charge in [0, 0.05) is 11.8 Å². The summed E-state index contributed by atoms with van der Waals surface area (Å²) >= 11 is 6.30. The molecule has 136 valence electrons. The quantitative estimate of drug-likeness (QED) is 0.485. The van der Waals surface area contributed by atoms with Crippen LogP contribution in [-0.2, 0) is 10.0 Å². The van der Waals surface area contributed by atoms with E-state index in [9.17, 15) is 8.42 Å². The number of hydrogen-bond acceptors (Lipinski definition) is 5. The first kappa shape index (κ1) is 17.5. The SMILES string of the molecule is COc1ccc(-c2cn(S(=O)(=O)c3ccccc3)c3ncnc(Cl)c23)cc1. The van der Waals surface area contributed by atoms with Crippen LogP contribution in [0, 0.1) is 0 Å². The van der Waals surface area contributed by atoms with Gasteiger partial charge in [0.25, 0.3) is 10.0 Å². The highest BCUT2D eigenvalue weighted by atomic mass is 35.5. The van der Waals surface area contributed by atoms with Crippen molar-refractivity contribution in [2.24, 2.45) is 0 Å². The molecular weight excluding hydrogens is 386 g/mol. The normalized spacial score (nSPS) is 11.6. The highest BCUT2D eigenvalue weighted by Crippen LogP contribution is 2.35. The first-order chi connectivity index (χ1) is 13.0. The fourth-order valence-electron chi connectivity index (χ4n) is 2.88. The van der Waals surface area contributed by atoms with Crippen LogP contribution in [0.15, 0.2) is 72.0 Å². The van der Waals surface area contributed by atoms with E-state index in [2.05, 4.69) is 9.97 Å². The molecule has 0 unspecified atom stereocenters. The van der Waals surface area contributed by atoms with Gasteiger partial charge in [-0.3, -0.25) is 0 Å². The van der Waals surface area contributed by atoms with Gasteiger partial charge in [0.15, 0.2) is 5.65 Å². The summed E-state index contributed by atoms with van der Waals surface area (Å²) < 4.78 is 32.6. The third kappa shape index (κ3) is 2.94. The van der Waals surface area contributed by atoms with Crippen LogP contribution < -0.4 is 4.74 Å². The number of fused-ring (bicyclic) bond motifs is 1. The molecule has 2 aromatic carbocycles. The number of halogens is 1. The minimum absolute atomic E-state index is 0.165. The van der Waals surface area contributed by atoms with E-state index in [-0.39, 0.29) is 15.7 Å². The van der Waals surface area contributed by atoms with Crippen LogP contribution in [0.5, 0.6) is 5.75 Å². The van der Waals surface area contributed by atoms with E-state index in [0.717, 1.165) is 9.54 Å². The summed E-state index contributed by atoms with van der Waals surface area (Å²) in [5.74, 6) is 0.696. The van der Waals surface area contributed by atoms with Gasteiger partial charge in [0.2, 0.25) is 0 Å².